The van der Waals surface area contributed by atoms with Crippen molar-refractivity contribution in [2.75, 3.05) is 27.2 Å². The zero-order chi connectivity index (χ0) is 17.4. The Morgan fingerprint density at radius 2 is 1.96 bits per heavy atom. The minimum Gasteiger partial charge on any atom is -0.377 e. The molecule has 0 spiro atoms. The smallest absolute Gasteiger partial charge is 0.191 e. The SMILES string of the molecule is CN=C(NCCc1cnn(-c2ccccc2)c1)NCC(C)(C)OC.I. The van der Waals surface area contributed by atoms with Crippen molar-refractivity contribution < 1.29 is 4.74 Å². The molecule has 0 unspecified atom stereocenters. The molecule has 0 fully saturated rings. The topological polar surface area (TPSA) is 63.5 Å². The van der Waals surface area contributed by atoms with Crippen LogP contribution in [-0.4, -0.2) is 48.6 Å². The maximum atomic E-state index is 5.39. The van der Waals surface area contributed by atoms with Gasteiger partial charge in [-0.05, 0) is 38.0 Å². The summed E-state index contributed by atoms with van der Waals surface area (Å²) in [5.41, 5.74) is 2.02. The van der Waals surface area contributed by atoms with Crippen LogP contribution in [0.5, 0.6) is 0 Å². The van der Waals surface area contributed by atoms with E-state index in [2.05, 4.69) is 26.9 Å². The van der Waals surface area contributed by atoms with Gasteiger partial charge in [-0.2, -0.15) is 5.10 Å². The molecule has 0 atom stereocenters. The van der Waals surface area contributed by atoms with Gasteiger partial charge in [-0.15, -0.1) is 24.0 Å². The van der Waals surface area contributed by atoms with Crippen molar-refractivity contribution in [3.63, 3.8) is 0 Å². The molecule has 1 aromatic carbocycles. The van der Waals surface area contributed by atoms with Crippen molar-refractivity contribution in [3.8, 4) is 5.69 Å². The summed E-state index contributed by atoms with van der Waals surface area (Å²) in [6, 6.07) is 10.1. The number of hydrogen-bond acceptors (Lipinski definition) is 3. The number of methoxy groups -OCH3 is 1. The first kappa shape index (κ1) is 21.4. The highest BCUT2D eigenvalue weighted by atomic mass is 127. The monoisotopic (exact) mass is 457 g/mol. The summed E-state index contributed by atoms with van der Waals surface area (Å²) in [7, 11) is 3.48. The Bertz CT molecular complexity index is 654. The molecule has 0 aliphatic carbocycles. The van der Waals surface area contributed by atoms with Crippen molar-refractivity contribution in [3.05, 3.63) is 48.3 Å². The molecule has 25 heavy (non-hydrogen) atoms. The summed E-state index contributed by atoms with van der Waals surface area (Å²) >= 11 is 0. The lowest BCUT2D eigenvalue weighted by Gasteiger charge is -2.24. The molecule has 0 saturated carbocycles. The van der Waals surface area contributed by atoms with E-state index in [1.165, 1.54) is 5.56 Å². The van der Waals surface area contributed by atoms with Crippen molar-refractivity contribution in [1.29, 1.82) is 0 Å². The number of nitrogens with zero attached hydrogens (tertiary/aromatic N) is 3. The molecule has 6 nitrogen and oxygen atoms in total. The van der Waals surface area contributed by atoms with E-state index < -0.39 is 0 Å². The quantitative estimate of drug-likeness (QED) is 0.381. The van der Waals surface area contributed by atoms with Crippen LogP contribution in [0.2, 0.25) is 0 Å². The highest BCUT2D eigenvalue weighted by Gasteiger charge is 2.16. The number of benzene rings is 1. The van der Waals surface area contributed by atoms with Gasteiger partial charge < -0.3 is 15.4 Å². The third kappa shape index (κ3) is 7.03. The maximum Gasteiger partial charge on any atom is 0.191 e. The van der Waals surface area contributed by atoms with Crippen molar-refractivity contribution >= 4 is 29.9 Å². The van der Waals surface area contributed by atoms with Crippen LogP contribution >= 0.6 is 24.0 Å². The van der Waals surface area contributed by atoms with E-state index in [1.54, 1.807) is 14.2 Å². The van der Waals surface area contributed by atoms with E-state index in [0.29, 0.717) is 6.54 Å². The first-order chi connectivity index (χ1) is 11.5. The predicted molar refractivity (Wildman–Crippen MR) is 113 cm³/mol. The fraction of sp³-hybridized carbons (Fsp3) is 0.444. The summed E-state index contributed by atoms with van der Waals surface area (Å²) in [4.78, 5) is 4.23. The minimum absolute atomic E-state index is 0. The lowest BCUT2D eigenvalue weighted by atomic mass is 10.1. The van der Waals surface area contributed by atoms with E-state index in [9.17, 15) is 0 Å². The minimum atomic E-state index is -0.228. The number of aliphatic imine (C=N–C) groups is 1. The summed E-state index contributed by atoms with van der Waals surface area (Å²) in [6.07, 6.45) is 4.83. The van der Waals surface area contributed by atoms with Crippen LogP contribution < -0.4 is 10.6 Å². The maximum absolute atomic E-state index is 5.39. The van der Waals surface area contributed by atoms with Gasteiger partial charge in [0, 0.05) is 33.4 Å². The van der Waals surface area contributed by atoms with Crippen LogP contribution in [0.4, 0.5) is 0 Å². The van der Waals surface area contributed by atoms with Gasteiger partial charge in [0.2, 0.25) is 0 Å². The molecule has 2 aromatic rings. The van der Waals surface area contributed by atoms with Gasteiger partial charge in [0.1, 0.15) is 0 Å². The van der Waals surface area contributed by atoms with Crippen LogP contribution in [0.1, 0.15) is 19.4 Å². The molecular weight excluding hydrogens is 429 g/mol. The van der Waals surface area contributed by atoms with E-state index in [4.69, 9.17) is 4.74 Å². The van der Waals surface area contributed by atoms with Crippen LogP contribution in [0.3, 0.4) is 0 Å². The largest absolute Gasteiger partial charge is 0.377 e. The number of halogens is 1. The average molecular weight is 457 g/mol. The van der Waals surface area contributed by atoms with Crippen LogP contribution in [0.25, 0.3) is 5.69 Å². The highest BCUT2D eigenvalue weighted by molar-refractivity contribution is 14.0. The third-order valence-corrected chi connectivity index (χ3v) is 3.82. The van der Waals surface area contributed by atoms with E-state index in [-0.39, 0.29) is 29.6 Å². The van der Waals surface area contributed by atoms with E-state index in [0.717, 1.165) is 24.6 Å². The Kier molecular flexibility index (Phi) is 8.91. The molecule has 0 saturated heterocycles. The van der Waals surface area contributed by atoms with Gasteiger partial charge in [-0.1, -0.05) is 18.2 Å². The lowest BCUT2D eigenvalue weighted by Crippen LogP contribution is -2.45. The molecule has 0 amide bonds. The standard InChI is InChI=1S/C18H27N5O.HI/c1-18(2,24-4)14-21-17(19-3)20-11-10-15-12-22-23(13-15)16-8-6-5-7-9-16;/h5-9,12-13H,10-11,14H2,1-4H3,(H2,19,20,21);1H. The fourth-order valence-electron chi connectivity index (χ4n) is 2.13. The third-order valence-electron chi connectivity index (χ3n) is 3.82. The van der Waals surface area contributed by atoms with Crippen molar-refractivity contribution in [2.24, 2.45) is 4.99 Å². The second kappa shape index (κ2) is 10.4. The first-order valence-electron chi connectivity index (χ1n) is 8.13. The average Bonchev–Trinajstić information content (AvgIpc) is 3.07. The molecular formula is C18H28IN5O. The van der Waals surface area contributed by atoms with Gasteiger partial charge in [-0.25, -0.2) is 4.68 Å². The summed E-state index contributed by atoms with van der Waals surface area (Å²) < 4.78 is 7.29. The zero-order valence-corrected chi connectivity index (χ0v) is 17.7. The highest BCUT2D eigenvalue weighted by Crippen LogP contribution is 2.08. The molecule has 1 heterocycles. The molecule has 1 aromatic heterocycles. The Hall–Kier alpha value is -1.61. The van der Waals surface area contributed by atoms with Gasteiger partial charge in [0.15, 0.2) is 5.96 Å². The molecule has 0 radical (unpaired) electrons. The number of hydrogen-bond donors (Lipinski definition) is 2. The van der Waals surface area contributed by atoms with Crippen LogP contribution in [-0.2, 0) is 11.2 Å². The number of para-hydroxylation sites is 1. The number of nitrogens with one attached hydrogen (secondary N) is 2. The lowest BCUT2D eigenvalue weighted by molar-refractivity contribution is 0.0268. The molecule has 2 rings (SSSR count). The molecule has 7 heteroatoms. The molecule has 138 valence electrons. The second-order valence-electron chi connectivity index (χ2n) is 6.20. The molecule has 2 N–H and O–H groups in total. The Morgan fingerprint density at radius 3 is 2.60 bits per heavy atom. The number of rotatable bonds is 7. The predicted octanol–water partition coefficient (Wildman–Crippen LogP) is 2.62. The summed E-state index contributed by atoms with van der Waals surface area (Å²) in [5.74, 6) is 0.774. The second-order valence-corrected chi connectivity index (χ2v) is 6.20. The molecule has 0 aliphatic heterocycles. The number of ether oxygens (including phenoxy) is 1. The Labute approximate surface area is 167 Å². The van der Waals surface area contributed by atoms with Crippen LogP contribution in [0.15, 0.2) is 47.7 Å². The summed E-state index contributed by atoms with van der Waals surface area (Å²) in [6.45, 7) is 5.54. The summed E-state index contributed by atoms with van der Waals surface area (Å²) in [5, 5.41) is 11.0. The zero-order valence-electron chi connectivity index (χ0n) is 15.3. The number of guanidine groups is 1. The van der Waals surface area contributed by atoms with Gasteiger partial charge in [-0.3, -0.25) is 4.99 Å². The van der Waals surface area contributed by atoms with Gasteiger partial charge >= 0.3 is 0 Å². The molecule has 0 aliphatic rings. The Balaban J connectivity index is 0.00000312. The van der Waals surface area contributed by atoms with Gasteiger partial charge in [0.25, 0.3) is 0 Å². The molecule has 0 bridgehead atoms. The van der Waals surface area contributed by atoms with Crippen molar-refractivity contribution in [1.82, 2.24) is 20.4 Å². The number of aromatic nitrogens is 2. The Morgan fingerprint density at radius 1 is 1.24 bits per heavy atom. The fourth-order valence-corrected chi connectivity index (χ4v) is 2.13. The first-order valence-corrected chi connectivity index (χ1v) is 8.13. The van der Waals surface area contributed by atoms with Crippen LogP contribution in [0, 0.1) is 0 Å². The van der Waals surface area contributed by atoms with Crippen molar-refractivity contribution in [2.45, 2.75) is 25.9 Å². The van der Waals surface area contributed by atoms with E-state index in [1.807, 2.05) is 55.1 Å². The van der Waals surface area contributed by atoms with Gasteiger partial charge in [0.05, 0.1) is 17.5 Å². The van der Waals surface area contributed by atoms with E-state index >= 15 is 0 Å². The normalized spacial score (nSPS) is 11.8.